The van der Waals surface area contributed by atoms with Gasteiger partial charge in [0.25, 0.3) is 0 Å². The summed E-state index contributed by atoms with van der Waals surface area (Å²) in [5.41, 5.74) is -0.0808. The number of hydrogen-bond donors (Lipinski definition) is 2. The zero-order chi connectivity index (χ0) is 19.9. The van der Waals surface area contributed by atoms with Gasteiger partial charge in [-0.25, -0.2) is 0 Å². The lowest BCUT2D eigenvalue weighted by molar-refractivity contribution is -0.137. The zero-order valence-electron chi connectivity index (χ0n) is 16.6. The highest BCUT2D eigenvalue weighted by Crippen LogP contribution is 2.29. The number of aliphatic imine (C=N–C) groups is 1. The summed E-state index contributed by atoms with van der Waals surface area (Å²) >= 11 is 0. The molecule has 1 aliphatic rings. The molecule has 1 fully saturated rings. The van der Waals surface area contributed by atoms with Crippen LogP contribution in [0.1, 0.15) is 31.4 Å². The maximum absolute atomic E-state index is 12.8. The molecule has 0 radical (unpaired) electrons. The molecule has 0 aromatic heterocycles. The third-order valence-electron chi connectivity index (χ3n) is 4.38. The van der Waals surface area contributed by atoms with Gasteiger partial charge in [0, 0.05) is 39.8 Å². The normalized spacial score (nSPS) is 21.1. The second kappa shape index (κ2) is 11.8. The van der Waals surface area contributed by atoms with E-state index in [1.165, 1.54) is 6.07 Å². The molecule has 1 saturated heterocycles. The smallest absolute Gasteiger partial charge is 0.373 e. The van der Waals surface area contributed by atoms with Crippen LogP contribution in [0.5, 0.6) is 0 Å². The van der Waals surface area contributed by atoms with Crippen molar-refractivity contribution in [1.82, 2.24) is 15.5 Å². The van der Waals surface area contributed by atoms with Crippen LogP contribution in [0.15, 0.2) is 29.3 Å². The van der Waals surface area contributed by atoms with Gasteiger partial charge in [-0.3, -0.25) is 9.89 Å². The number of guanidine groups is 1. The fourth-order valence-corrected chi connectivity index (χ4v) is 3.24. The van der Waals surface area contributed by atoms with E-state index in [0.29, 0.717) is 11.5 Å². The molecule has 1 aromatic rings. The Balaban J connectivity index is 0.00000392. The lowest BCUT2D eigenvalue weighted by Crippen LogP contribution is -2.46. The highest BCUT2D eigenvalue weighted by molar-refractivity contribution is 14.0. The Bertz CT molecular complexity index is 617. The van der Waals surface area contributed by atoms with E-state index in [1.54, 1.807) is 13.1 Å². The summed E-state index contributed by atoms with van der Waals surface area (Å²) in [4.78, 5) is 6.51. The van der Waals surface area contributed by atoms with Gasteiger partial charge >= 0.3 is 6.18 Å². The number of benzene rings is 1. The quantitative estimate of drug-likeness (QED) is 0.264. The van der Waals surface area contributed by atoms with Gasteiger partial charge in [0.2, 0.25) is 0 Å². The van der Waals surface area contributed by atoms with Gasteiger partial charge in [0.15, 0.2) is 5.96 Å². The van der Waals surface area contributed by atoms with Crippen LogP contribution in [0.2, 0.25) is 0 Å². The minimum absolute atomic E-state index is 0. The van der Waals surface area contributed by atoms with Crippen LogP contribution in [-0.4, -0.2) is 56.3 Å². The van der Waals surface area contributed by atoms with Crippen LogP contribution in [0.3, 0.4) is 0 Å². The highest BCUT2D eigenvalue weighted by atomic mass is 127. The first-order chi connectivity index (χ1) is 12.8. The van der Waals surface area contributed by atoms with Gasteiger partial charge in [0.05, 0.1) is 17.8 Å². The number of hydrogen-bond acceptors (Lipinski definition) is 3. The predicted molar refractivity (Wildman–Crippen MR) is 116 cm³/mol. The van der Waals surface area contributed by atoms with Crippen LogP contribution in [0.25, 0.3) is 0 Å². The number of ether oxygens (including phenoxy) is 1. The maximum Gasteiger partial charge on any atom is 0.416 e. The third kappa shape index (κ3) is 8.52. The molecular weight excluding hydrogens is 484 g/mol. The van der Waals surface area contributed by atoms with Gasteiger partial charge in [-0.1, -0.05) is 12.1 Å². The summed E-state index contributed by atoms with van der Waals surface area (Å²) < 4.78 is 44.0. The second-order valence-corrected chi connectivity index (χ2v) is 6.92. The van der Waals surface area contributed by atoms with E-state index < -0.39 is 11.7 Å². The fourth-order valence-electron chi connectivity index (χ4n) is 3.24. The van der Waals surface area contributed by atoms with E-state index in [-0.39, 0.29) is 42.7 Å². The maximum atomic E-state index is 12.8. The molecule has 0 spiro atoms. The van der Waals surface area contributed by atoms with Crippen molar-refractivity contribution in [3.8, 4) is 0 Å². The van der Waals surface area contributed by atoms with E-state index in [0.717, 1.165) is 44.7 Å². The molecule has 1 aromatic carbocycles. The Kier molecular flexibility index (Phi) is 10.5. The number of alkyl halides is 3. The second-order valence-electron chi connectivity index (χ2n) is 6.92. The Morgan fingerprint density at radius 2 is 1.89 bits per heavy atom. The number of morpholine rings is 1. The standard InChI is InChI=1S/C19H29F3N4O.HI/c1-14-12-26(13-15(2)27-14)9-5-8-24-18(23-3)25-11-16-6-4-7-17(10-16)19(20,21)22;/h4,6-7,10,14-15H,5,8-9,11-13H2,1-3H3,(H2,23,24,25);1H. The molecule has 9 heteroatoms. The molecule has 160 valence electrons. The van der Waals surface area contributed by atoms with Crippen molar-refractivity contribution in [3.05, 3.63) is 35.4 Å². The van der Waals surface area contributed by atoms with E-state index in [1.807, 2.05) is 0 Å². The van der Waals surface area contributed by atoms with Gasteiger partial charge in [-0.2, -0.15) is 13.2 Å². The molecule has 0 aliphatic carbocycles. The van der Waals surface area contributed by atoms with Crippen LogP contribution in [-0.2, 0) is 17.5 Å². The molecule has 2 atom stereocenters. The minimum Gasteiger partial charge on any atom is -0.373 e. The van der Waals surface area contributed by atoms with Crippen molar-refractivity contribution in [2.24, 2.45) is 4.99 Å². The SMILES string of the molecule is CN=C(NCCCN1CC(C)OC(C)C1)NCc1cccc(C(F)(F)F)c1.I. The predicted octanol–water partition coefficient (Wildman–Crippen LogP) is 3.49. The molecular formula is C19H30F3IN4O. The summed E-state index contributed by atoms with van der Waals surface area (Å²) in [6.45, 7) is 8.03. The van der Waals surface area contributed by atoms with Gasteiger partial charge in [-0.05, 0) is 38.0 Å². The van der Waals surface area contributed by atoms with Crippen molar-refractivity contribution in [1.29, 1.82) is 0 Å². The number of nitrogens with one attached hydrogen (secondary N) is 2. The van der Waals surface area contributed by atoms with Crippen molar-refractivity contribution in [3.63, 3.8) is 0 Å². The minimum atomic E-state index is -4.33. The number of nitrogens with zero attached hydrogens (tertiary/aromatic N) is 2. The Labute approximate surface area is 182 Å². The van der Waals surface area contributed by atoms with E-state index in [9.17, 15) is 13.2 Å². The average molecular weight is 514 g/mol. The van der Waals surface area contributed by atoms with Crippen LogP contribution in [0, 0.1) is 0 Å². The van der Waals surface area contributed by atoms with Crippen LogP contribution < -0.4 is 10.6 Å². The Morgan fingerprint density at radius 1 is 1.21 bits per heavy atom. The summed E-state index contributed by atoms with van der Waals surface area (Å²) in [6, 6.07) is 5.31. The molecule has 5 nitrogen and oxygen atoms in total. The summed E-state index contributed by atoms with van der Waals surface area (Å²) in [7, 11) is 1.65. The number of rotatable bonds is 6. The Morgan fingerprint density at radius 3 is 2.50 bits per heavy atom. The molecule has 2 unspecified atom stereocenters. The van der Waals surface area contributed by atoms with Crippen molar-refractivity contribution >= 4 is 29.9 Å². The molecule has 2 rings (SSSR count). The van der Waals surface area contributed by atoms with E-state index >= 15 is 0 Å². The molecule has 0 saturated carbocycles. The van der Waals surface area contributed by atoms with Crippen molar-refractivity contribution in [2.45, 2.75) is 45.2 Å². The topological polar surface area (TPSA) is 48.9 Å². The molecule has 28 heavy (non-hydrogen) atoms. The van der Waals surface area contributed by atoms with Crippen LogP contribution >= 0.6 is 24.0 Å². The van der Waals surface area contributed by atoms with Crippen molar-refractivity contribution in [2.75, 3.05) is 33.2 Å². The summed E-state index contributed by atoms with van der Waals surface area (Å²) in [6.07, 6.45) is -2.87. The first-order valence-electron chi connectivity index (χ1n) is 9.26. The van der Waals surface area contributed by atoms with E-state index in [2.05, 4.69) is 34.4 Å². The summed E-state index contributed by atoms with van der Waals surface area (Å²) in [5, 5.41) is 6.26. The molecule has 2 N–H and O–H groups in total. The third-order valence-corrected chi connectivity index (χ3v) is 4.38. The summed E-state index contributed by atoms with van der Waals surface area (Å²) in [5.74, 6) is 0.580. The average Bonchev–Trinajstić information content (AvgIpc) is 2.60. The molecule has 0 bridgehead atoms. The largest absolute Gasteiger partial charge is 0.416 e. The monoisotopic (exact) mass is 514 g/mol. The van der Waals surface area contributed by atoms with Crippen LogP contribution in [0.4, 0.5) is 13.2 Å². The lowest BCUT2D eigenvalue weighted by Gasteiger charge is -2.35. The molecule has 1 heterocycles. The fraction of sp³-hybridized carbons (Fsp3) is 0.632. The molecule has 0 amide bonds. The van der Waals surface area contributed by atoms with Gasteiger partial charge in [-0.15, -0.1) is 24.0 Å². The van der Waals surface area contributed by atoms with Gasteiger partial charge < -0.3 is 15.4 Å². The van der Waals surface area contributed by atoms with Crippen molar-refractivity contribution < 1.29 is 17.9 Å². The highest BCUT2D eigenvalue weighted by Gasteiger charge is 2.30. The van der Waals surface area contributed by atoms with Gasteiger partial charge in [0.1, 0.15) is 0 Å². The first kappa shape index (κ1) is 25.0. The molecule has 1 aliphatic heterocycles. The first-order valence-corrected chi connectivity index (χ1v) is 9.26. The Hall–Kier alpha value is -1.07. The number of halogens is 4. The lowest BCUT2D eigenvalue weighted by atomic mass is 10.1. The zero-order valence-corrected chi connectivity index (χ0v) is 18.9. The van der Waals surface area contributed by atoms with E-state index in [4.69, 9.17) is 4.74 Å².